The minimum Gasteiger partial charge on any atom is -0.320 e. The lowest BCUT2D eigenvalue weighted by Crippen LogP contribution is -2.32. The Morgan fingerprint density at radius 1 is 1.50 bits per heavy atom. The zero-order valence-corrected chi connectivity index (χ0v) is 15.3. The molecule has 1 aromatic heterocycles. The van der Waals surface area contributed by atoms with Crippen LogP contribution in [0.2, 0.25) is 0 Å². The van der Waals surface area contributed by atoms with E-state index in [0.29, 0.717) is 6.29 Å². The summed E-state index contributed by atoms with van der Waals surface area (Å²) in [5, 5.41) is 0. The molecule has 1 aromatic rings. The average molecular weight is 434 g/mol. The summed E-state index contributed by atoms with van der Waals surface area (Å²) in [5.41, 5.74) is -0.806. The van der Waals surface area contributed by atoms with E-state index in [9.17, 15) is 23.1 Å². The van der Waals surface area contributed by atoms with Gasteiger partial charge in [-0.05, 0) is 6.42 Å². The fourth-order valence-electron chi connectivity index (χ4n) is 2.14. The standard InChI is InChI=1S/C10H13FN2O10P2S/c11-10(5-21-25(19,20)23-24(16,17)18)2-1-7(22-10)13-3-6(4-14)8(26)12-9(13)15/h3-4,7H,1-2,5H2,(H,19,20)(H,12,15,26)(H2,16,17,18)/t7-,10+/m1/s1. The topological polar surface area (TPSA) is 177 Å². The molecule has 1 aliphatic heterocycles. The van der Waals surface area contributed by atoms with Crippen LogP contribution in [-0.4, -0.2) is 43.0 Å². The smallest absolute Gasteiger partial charge is 0.320 e. The number of rotatable bonds is 7. The van der Waals surface area contributed by atoms with Crippen LogP contribution in [-0.2, 0) is 22.7 Å². The molecule has 1 saturated heterocycles. The lowest BCUT2D eigenvalue weighted by atomic mass is 10.2. The van der Waals surface area contributed by atoms with E-state index >= 15 is 0 Å². The van der Waals surface area contributed by atoms with Crippen molar-refractivity contribution in [3.63, 3.8) is 0 Å². The number of nitrogens with one attached hydrogen (secondary N) is 1. The van der Waals surface area contributed by atoms with E-state index < -0.39 is 40.0 Å². The molecule has 1 fully saturated rings. The van der Waals surface area contributed by atoms with Gasteiger partial charge in [0.1, 0.15) is 17.5 Å². The number of phosphoric ester groups is 1. The summed E-state index contributed by atoms with van der Waals surface area (Å²) in [5.74, 6) is -2.64. The fourth-order valence-corrected chi connectivity index (χ4v) is 3.95. The van der Waals surface area contributed by atoms with Gasteiger partial charge in [0.15, 0.2) is 6.29 Å². The Labute approximate surface area is 149 Å². The third-order valence-electron chi connectivity index (χ3n) is 3.20. The average Bonchev–Trinajstić information content (AvgIpc) is 2.86. The van der Waals surface area contributed by atoms with Gasteiger partial charge in [0.25, 0.3) is 0 Å². The Hall–Kier alpha value is -1.08. The van der Waals surface area contributed by atoms with Crippen LogP contribution in [0, 0.1) is 4.64 Å². The second-order valence-electron chi connectivity index (χ2n) is 5.18. The van der Waals surface area contributed by atoms with Gasteiger partial charge in [-0.15, -0.1) is 0 Å². The molecule has 1 aliphatic rings. The van der Waals surface area contributed by atoms with Crippen molar-refractivity contribution in [1.29, 1.82) is 0 Å². The first-order valence-electron chi connectivity index (χ1n) is 6.76. The summed E-state index contributed by atoms with van der Waals surface area (Å²) in [6.07, 6.45) is -0.178. The lowest BCUT2D eigenvalue weighted by molar-refractivity contribution is -0.175. The van der Waals surface area contributed by atoms with Crippen molar-refractivity contribution < 1.29 is 46.6 Å². The van der Waals surface area contributed by atoms with Crippen molar-refractivity contribution >= 4 is 34.1 Å². The number of aromatic amines is 1. The molecular formula is C10H13FN2O10P2S. The number of carbonyl (C=O) groups is 1. The molecule has 0 spiro atoms. The van der Waals surface area contributed by atoms with E-state index in [1.807, 2.05) is 0 Å². The van der Waals surface area contributed by atoms with Crippen molar-refractivity contribution in [2.45, 2.75) is 24.9 Å². The number of hydrogen-bond acceptors (Lipinski definition) is 8. The molecule has 3 atom stereocenters. The van der Waals surface area contributed by atoms with Gasteiger partial charge in [0.05, 0.1) is 5.56 Å². The van der Waals surface area contributed by atoms with Crippen LogP contribution in [0.5, 0.6) is 0 Å². The first-order valence-corrected chi connectivity index (χ1v) is 10.2. The van der Waals surface area contributed by atoms with Crippen LogP contribution in [0.3, 0.4) is 0 Å². The van der Waals surface area contributed by atoms with Gasteiger partial charge in [-0.25, -0.2) is 18.3 Å². The second kappa shape index (κ2) is 7.50. The van der Waals surface area contributed by atoms with Crippen LogP contribution < -0.4 is 5.69 Å². The SMILES string of the molecule is O=Cc1cn([C@H]2CC[C@@](F)(COP(=O)(O)OP(=O)(O)O)O2)c(=O)[nH]c1=S. The minimum atomic E-state index is -5.34. The van der Waals surface area contributed by atoms with E-state index in [1.165, 1.54) is 0 Å². The highest BCUT2D eigenvalue weighted by atomic mass is 32.1. The third kappa shape index (κ3) is 5.46. The van der Waals surface area contributed by atoms with Gasteiger partial charge in [0, 0.05) is 12.6 Å². The molecule has 2 heterocycles. The molecule has 0 radical (unpaired) electrons. The first kappa shape index (κ1) is 21.2. The largest absolute Gasteiger partial charge is 0.481 e. The summed E-state index contributed by atoms with van der Waals surface area (Å²) >= 11 is 4.77. The van der Waals surface area contributed by atoms with E-state index in [1.54, 1.807) is 0 Å². The molecule has 0 bridgehead atoms. The van der Waals surface area contributed by atoms with E-state index in [-0.39, 0.29) is 23.0 Å². The Kier molecular flexibility index (Phi) is 6.13. The summed E-state index contributed by atoms with van der Waals surface area (Å²) in [4.78, 5) is 51.1. The highest BCUT2D eigenvalue weighted by molar-refractivity contribution is 7.71. The number of halogens is 1. The summed E-state index contributed by atoms with van der Waals surface area (Å²) < 4.78 is 49.9. The highest BCUT2D eigenvalue weighted by Crippen LogP contribution is 2.58. The molecule has 16 heteroatoms. The summed E-state index contributed by atoms with van der Waals surface area (Å²) in [7, 11) is -10.6. The number of carbonyl (C=O) groups excluding carboxylic acids is 1. The third-order valence-corrected chi connectivity index (χ3v) is 5.67. The number of alkyl halides is 1. The van der Waals surface area contributed by atoms with Gasteiger partial charge < -0.3 is 19.4 Å². The van der Waals surface area contributed by atoms with Crippen LogP contribution in [0.25, 0.3) is 0 Å². The number of aldehydes is 1. The number of H-pyrrole nitrogens is 1. The normalized spacial score (nSPS) is 25.8. The van der Waals surface area contributed by atoms with E-state index in [4.69, 9.17) is 31.6 Å². The maximum atomic E-state index is 14.6. The summed E-state index contributed by atoms with van der Waals surface area (Å²) in [6.45, 7) is -1.20. The number of phosphoric acid groups is 2. The highest BCUT2D eigenvalue weighted by Gasteiger charge is 2.45. The zero-order valence-electron chi connectivity index (χ0n) is 12.7. The van der Waals surface area contributed by atoms with Crippen molar-refractivity contribution in [3.05, 3.63) is 26.9 Å². The van der Waals surface area contributed by atoms with Gasteiger partial charge in [-0.3, -0.25) is 18.9 Å². The van der Waals surface area contributed by atoms with Gasteiger partial charge in [-0.1, -0.05) is 12.2 Å². The molecule has 2 rings (SSSR count). The fraction of sp³-hybridized carbons (Fsp3) is 0.500. The molecule has 4 N–H and O–H groups in total. The maximum Gasteiger partial charge on any atom is 0.481 e. The Morgan fingerprint density at radius 2 is 2.15 bits per heavy atom. The quantitative estimate of drug-likeness (QED) is 0.272. The van der Waals surface area contributed by atoms with E-state index in [0.717, 1.165) is 10.8 Å². The van der Waals surface area contributed by atoms with Gasteiger partial charge >= 0.3 is 21.3 Å². The molecule has 0 aromatic carbocycles. The van der Waals surface area contributed by atoms with Crippen molar-refractivity contribution in [2.24, 2.45) is 0 Å². The molecule has 0 amide bonds. The molecule has 146 valence electrons. The molecule has 0 saturated carbocycles. The monoisotopic (exact) mass is 434 g/mol. The molecule has 26 heavy (non-hydrogen) atoms. The van der Waals surface area contributed by atoms with Crippen LogP contribution >= 0.6 is 27.9 Å². The van der Waals surface area contributed by atoms with Crippen molar-refractivity contribution in [2.75, 3.05) is 6.61 Å². The van der Waals surface area contributed by atoms with Crippen molar-refractivity contribution in [3.8, 4) is 0 Å². The predicted octanol–water partition coefficient (Wildman–Crippen LogP) is 0.919. The Morgan fingerprint density at radius 3 is 2.73 bits per heavy atom. The van der Waals surface area contributed by atoms with Crippen molar-refractivity contribution in [1.82, 2.24) is 9.55 Å². The number of ether oxygens (including phenoxy) is 1. The molecular weight excluding hydrogens is 421 g/mol. The van der Waals surface area contributed by atoms with Crippen LogP contribution in [0.15, 0.2) is 11.0 Å². The molecule has 0 aliphatic carbocycles. The Balaban J connectivity index is 2.11. The minimum absolute atomic E-state index is 0.0364. The van der Waals surface area contributed by atoms with Crippen LogP contribution in [0.1, 0.15) is 29.4 Å². The van der Waals surface area contributed by atoms with Crippen LogP contribution in [0.4, 0.5) is 4.39 Å². The van der Waals surface area contributed by atoms with E-state index in [2.05, 4.69) is 13.8 Å². The second-order valence-corrected chi connectivity index (χ2v) is 8.42. The summed E-state index contributed by atoms with van der Waals surface area (Å²) in [6, 6.07) is 0. The molecule has 12 nitrogen and oxygen atoms in total. The zero-order chi connectivity index (χ0) is 19.8. The predicted molar refractivity (Wildman–Crippen MR) is 83.4 cm³/mol. The number of aromatic nitrogens is 2. The number of hydrogen-bond donors (Lipinski definition) is 4. The van der Waals surface area contributed by atoms with Gasteiger partial charge in [0.2, 0.25) is 5.85 Å². The number of nitrogens with zero attached hydrogens (tertiary/aromatic N) is 1. The maximum absolute atomic E-state index is 14.6. The van der Waals surface area contributed by atoms with Gasteiger partial charge in [-0.2, -0.15) is 4.31 Å². The lowest BCUT2D eigenvalue weighted by Gasteiger charge is -2.22. The molecule has 1 unspecified atom stereocenters. The first-order chi connectivity index (χ1) is 11.8. The Bertz CT molecular complexity index is 912.